The predicted octanol–water partition coefficient (Wildman–Crippen LogP) is 3.56. The Morgan fingerprint density at radius 2 is 2.15 bits per heavy atom. The predicted molar refractivity (Wildman–Crippen MR) is 80.6 cm³/mol. The van der Waals surface area contributed by atoms with Crippen LogP contribution in [0.1, 0.15) is 60.6 Å². The Balaban J connectivity index is 2.50. The van der Waals surface area contributed by atoms with Gasteiger partial charge in [-0.05, 0) is 44.7 Å². The second-order valence-electron chi connectivity index (χ2n) is 5.69. The van der Waals surface area contributed by atoms with Crippen LogP contribution in [0.2, 0.25) is 0 Å². The summed E-state index contributed by atoms with van der Waals surface area (Å²) in [7, 11) is 0. The van der Waals surface area contributed by atoms with Gasteiger partial charge in [-0.3, -0.25) is 0 Å². The van der Waals surface area contributed by atoms with E-state index in [-0.39, 0.29) is 0 Å². The van der Waals surface area contributed by atoms with Gasteiger partial charge in [0.1, 0.15) is 11.4 Å². The van der Waals surface area contributed by atoms with Crippen LogP contribution in [0, 0.1) is 13.8 Å². The van der Waals surface area contributed by atoms with Crippen molar-refractivity contribution in [2.24, 2.45) is 0 Å². The Hall–Kier alpha value is -1.58. The van der Waals surface area contributed by atoms with Crippen molar-refractivity contribution in [3.8, 4) is 0 Å². The van der Waals surface area contributed by atoms with Crippen LogP contribution in [0.25, 0.3) is 0 Å². The van der Waals surface area contributed by atoms with Gasteiger partial charge in [0.15, 0.2) is 0 Å². The van der Waals surface area contributed by atoms with Crippen molar-refractivity contribution in [1.82, 2.24) is 4.98 Å². The Morgan fingerprint density at radius 3 is 2.80 bits per heavy atom. The molecule has 0 aliphatic carbocycles. The van der Waals surface area contributed by atoms with E-state index in [9.17, 15) is 9.90 Å². The summed E-state index contributed by atoms with van der Waals surface area (Å²) < 4.78 is 0. The lowest BCUT2D eigenvalue weighted by molar-refractivity contribution is 0.0696. The highest BCUT2D eigenvalue weighted by molar-refractivity contribution is 5.95. The molecule has 1 fully saturated rings. The van der Waals surface area contributed by atoms with Crippen LogP contribution in [0.15, 0.2) is 6.07 Å². The highest BCUT2D eigenvalue weighted by Gasteiger charge is 2.26. The van der Waals surface area contributed by atoms with E-state index in [0.717, 1.165) is 37.1 Å². The molecule has 1 saturated heterocycles. The molecule has 0 aromatic carbocycles. The van der Waals surface area contributed by atoms with Crippen molar-refractivity contribution in [3.63, 3.8) is 0 Å². The fourth-order valence-electron chi connectivity index (χ4n) is 3.17. The Kier molecular flexibility index (Phi) is 4.63. The molecule has 2 rings (SSSR count). The van der Waals surface area contributed by atoms with E-state index in [2.05, 4.69) is 16.8 Å². The molecule has 0 radical (unpaired) electrons. The highest BCUT2D eigenvalue weighted by Crippen LogP contribution is 2.29. The molecule has 110 valence electrons. The number of nitrogens with zero attached hydrogens (tertiary/aromatic N) is 2. The lowest BCUT2D eigenvalue weighted by atomic mass is 10.0. The second kappa shape index (κ2) is 6.25. The number of anilines is 1. The molecular formula is C16H24N2O2. The van der Waals surface area contributed by atoms with E-state index in [1.54, 1.807) is 0 Å². The van der Waals surface area contributed by atoms with Crippen LogP contribution in [-0.4, -0.2) is 28.6 Å². The van der Waals surface area contributed by atoms with Crippen molar-refractivity contribution in [3.05, 3.63) is 22.9 Å². The molecule has 1 aliphatic heterocycles. The summed E-state index contributed by atoms with van der Waals surface area (Å²) in [5.41, 5.74) is 2.07. The van der Waals surface area contributed by atoms with E-state index in [1.165, 1.54) is 12.8 Å². The molecule has 1 aromatic heterocycles. The molecule has 1 atom stereocenters. The lowest BCUT2D eigenvalue weighted by Gasteiger charge is -2.32. The van der Waals surface area contributed by atoms with Crippen LogP contribution in [-0.2, 0) is 0 Å². The number of rotatable bonds is 3. The third-order valence-electron chi connectivity index (χ3n) is 4.16. The average molecular weight is 276 g/mol. The van der Waals surface area contributed by atoms with Gasteiger partial charge in [-0.15, -0.1) is 0 Å². The zero-order chi connectivity index (χ0) is 14.7. The molecule has 4 heteroatoms. The van der Waals surface area contributed by atoms with E-state index in [1.807, 2.05) is 19.9 Å². The third kappa shape index (κ3) is 2.94. The number of carbonyl (C=O) groups is 1. The lowest BCUT2D eigenvalue weighted by Crippen LogP contribution is -2.36. The highest BCUT2D eigenvalue weighted by atomic mass is 16.4. The summed E-state index contributed by atoms with van der Waals surface area (Å²) in [6.45, 7) is 6.88. The minimum atomic E-state index is -0.871. The third-order valence-corrected chi connectivity index (χ3v) is 4.16. The summed E-state index contributed by atoms with van der Waals surface area (Å²) in [6.07, 6.45) is 5.73. The monoisotopic (exact) mass is 276 g/mol. The summed E-state index contributed by atoms with van der Waals surface area (Å²) in [5.74, 6) is -0.201. The summed E-state index contributed by atoms with van der Waals surface area (Å²) in [6, 6.07) is 2.26. The number of aromatic carboxylic acids is 1. The molecular weight excluding hydrogens is 252 g/mol. The molecule has 0 saturated carbocycles. The molecule has 20 heavy (non-hydrogen) atoms. The van der Waals surface area contributed by atoms with Crippen molar-refractivity contribution in [2.75, 3.05) is 11.4 Å². The Labute approximate surface area is 120 Å². The number of aryl methyl sites for hydroxylation is 2. The zero-order valence-electron chi connectivity index (χ0n) is 12.6. The Bertz CT molecular complexity index is 499. The first kappa shape index (κ1) is 14.8. The quantitative estimate of drug-likeness (QED) is 0.917. The number of carboxylic acids is 1. The molecule has 1 aromatic rings. The average Bonchev–Trinajstić information content (AvgIpc) is 2.61. The molecule has 1 aliphatic rings. The van der Waals surface area contributed by atoms with Gasteiger partial charge >= 0.3 is 5.97 Å². The van der Waals surface area contributed by atoms with E-state index in [0.29, 0.717) is 17.4 Å². The summed E-state index contributed by atoms with van der Waals surface area (Å²) in [5, 5.41) is 9.53. The Morgan fingerprint density at radius 1 is 1.40 bits per heavy atom. The van der Waals surface area contributed by atoms with Gasteiger partial charge in [-0.2, -0.15) is 0 Å². The van der Waals surface area contributed by atoms with Crippen molar-refractivity contribution in [2.45, 2.75) is 58.9 Å². The van der Waals surface area contributed by atoms with Crippen molar-refractivity contribution >= 4 is 11.8 Å². The first-order chi connectivity index (χ1) is 9.54. The number of aromatic nitrogens is 1. The van der Waals surface area contributed by atoms with Crippen LogP contribution in [0.3, 0.4) is 0 Å². The molecule has 0 bridgehead atoms. The van der Waals surface area contributed by atoms with E-state index >= 15 is 0 Å². The number of hydrogen-bond donors (Lipinski definition) is 1. The summed E-state index contributed by atoms with van der Waals surface area (Å²) in [4.78, 5) is 18.4. The van der Waals surface area contributed by atoms with Gasteiger partial charge < -0.3 is 10.0 Å². The van der Waals surface area contributed by atoms with Gasteiger partial charge in [0, 0.05) is 18.3 Å². The number of pyridine rings is 1. The molecule has 0 amide bonds. The second-order valence-corrected chi connectivity index (χ2v) is 5.69. The number of carboxylic acid groups (broad SMARTS) is 1. The fraction of sp³-hybridized carbons (Fsp3) is 0.625. The van der Waals surface area contributed by atoms with Crippen LogP contribution in [0.4, 0.5) is 5.82 Å². The van der Waals surface area contributed by atoms with Crippen LogP contribution in [0.5, 0.6) is 0 Å². The minimum absolute atomic E-state index is 0.371. The molecule has 1 unspecified atom stereocenters. The largest absolute Gasteiger partial charge is 0.478 e. The first-order valence-electron chi connectivity index (χ1n) is 7.52. The molecule has 2 heterocycles. The number of hydrogen-bond acceptors (Lipinski definition) is 3. The van der Waals surface area contributed by atoms with E-state index < -0.39 is 5.97 Å². The smallest absolute Gasteiger partial charge is 0.339 e. The van der Waals surface area contributed by atoms with Crippen molar-refractivity contribution < 1.29 is 9.90 Å². The molecule has 0 spiro atoms. The normalized spacial score (nSPS) is 19.8. The maximum absolute atomic E-state index is 11.6. The van der Waals surface area contributed by atoms with Crippen molar-refractivity contribution in [1.29, 1.82) is 0 Å². The molecule has 1 N–H and O–H groups in total. The van der Waals surface area contributed by atoms with Gasteiger partial charge in [0.25, 0.3) is 0 Å². The van der Waals surface area contributed by atoms with Gasteiger partial charge in [-0.1, -0.05) is 19.8 Å². The van der Waals surface area contributed by atoms with Crippen LogP contribution >= 0.6 is 0 Å². The standard InChI is InChI=1S/C16H24N2O2/c1-4-13-8-6-5-7-9-18(13)15-14(16(19)20)11(2)10-12(3)17-15/h10,13H,4-9H2,1-3H3,(H,19,20). The van der Waals surface area contributed by atoms with Gasteiger partial charge in [-0.25, -0.2) is 9.78 Å². The first-order valence-corrected chi connectivity index (χ1v) is 7.52. The topological polar surface area (TPSA) is 53.4 Å². The zero-order valence-corrected chi connectivity index (χ0v) is 12.6. The fourth-order valence-corrected chi connectivity index (χ4v) is 3.17. The maximum Gasteiger partial charge on any atom is 0.339 e. The maximum atomic E-state index is 11.6. The molecule has 4 nitrogen and oxygen atoms in total. The van der Waals surface area contributed by atoms with E-state index in [4.69, 9.17) is 0 Å². The van der Waals surface area contributed by atoms with Gasteiger partial charge in [0.05, 0.1) is 0 Å². The van der Waals surface area contributed by atoms with Crippen LogP contribution < -0.4 is 4.90 Å². The SMILES string of the molecule is CCC1CCCCCN1c1nc(C)cc(C)c1C(=O)O. The minimum Gasteiger partial charge on any atom is -0.478 e. The van der Waals surface area contributed by atoms with Gasteiger partial charge in [0.2, 0.25) is 0 Å². The summed E-state index contributed by atoms with van der Waals surface area (Å²) >= 11 is 0.